The summed E-state index contributed by atoms with van der Waals surface area (Å²) in [7, 11) is 1.67. The van der Waals surface area contributed by atoms with Crippen LogP contribution in [-0.2, 0) is 21.5 Å². The number of nitrogen functional groups attached to an aromatic ring is 1. The maximum Gasteiger partial charge on any atom is 0.430 e. The third-order valence-corrected chi connectivity index (χ3v) is 6.44. The lowest BCUT2D eigenvalue weighted by Crippen LogP contribution is -2.41. The molecule has 3 aromatic rings. The minimum Gasteiger partial charge on any atom is -0.542 e. The zero-order valence-electron chi connectivity index (χ0n) is 25.5. The molecule has 0 radical (unpaired) electrons. The first kappa shape index (κ1) is 34.2. The summed E-state index contributed by atoms with van der Waals surface area (Å²) in [6.07, 6.45) is -5.19. The molecule has 4 rings (SSSR count). The van der Waals surface area contributed by atoms with Gasteiger partial charge in [-0.3, -0.25) is 4.79 Å². The van der Waals surface area contributed by atoms with Gasteiger partial charge in [0, 0.05) is 24.2 Å². The third kappa shape index (κ3) is 7.98. The van der Waals surface area contributed by atoms with Crippen LogP contribution >= 0.6 is 0 Å². The van der Waals surface area contributed by atoms with Crippen LogP contribution in [0.1, 0.15) is 50.5 Å². The van der Waals surface area contributed by atoms with Crippen molar-refractivity contribution in [2.45, 2.75) is 52.8 Å². The Morgan fingerprint density at radius 1 is 1.09 bits per heavy atom. The number of hydrogen-bond acceptors (Lipinski definition) is 11. The number of carbonyl (C=O) groups excluding carboxylic acids is 2. The SMILES string of the molecule is CCOc1cc2n(nc1OCC)c(N)n[n+]2CC(=O)c1cc(N2CCOCC2)c(OC)c(C(C)(C)C)c1.O=C([O-])C(F)(F)F. The molecule has 0 atom stereocenters. The highest BCUT2D eigenvalue weighted by atomic mass is 19.4. The van der Waals surface area contributed by atoms with E-state index in [1.807, 2.05) is 26.0 Å². The Kier molecular flexibility index (Phi) is 10.8. The van der Waals surface area contributed by atoms with E-state index < -0.39 is 12.1 Å². The summed E-state index contributed by atoms with van der Waals surface area (Å²) in [6, 6.07) is 5.57. The number of Topliss-reactive ketones (excluding diaryl/α,β-unsaturated/α-hetero) is 1. The van der Waals surface area contributed by atoms with Gasteiger partial charge in [0.1, 0.15) is 11.7 Å². The largest absolute Gasteiger partial charge is 0.542 e. The Labute approximate surface area is 252 Å². The van der Waals surface area contributed by atoms with Crippen molar-refractivity contribution in [1.82, 2.24) is 14.7 Å². The van der Waals surface area contributed by atoms with Crippen molar-refractivity contribution in [3.05, 3.63) is 29.3 Å². The fraction of sp³-hybridized carbons (Fsp3) is 0.536. The first-order valence-electron chi connectivity index (χ1n) is 13.8. The van der Waals surface area contributed by atoms with Crippen LogP contribution in [0, 0.1) is 0 Å². The second kappa shape index (κ2) is 14.0. The molecule has 0 amide bonds. The van der Waals surface area contributed by atoms with Gasteiger partial charge in [-0.1, -0.05) is 25.3 Å². The average Bonchev–Trinajstić information content (AvgIpc) is 3.25. The lowest BCUT2D eigenvalue weighted by molar-refractivity contribution is -0.714. The maximum atomic E-state index is 13.7. The Morgan fingerprint density at radius 2 is 1.70 bits per heavy atom. The molecule has 1 aliphatic heterocycles. The summed E-state index contributed by atoms with van der Waals surface area (Å²) in [4.78, 5) is 24.7. The molecule has 16 heteroatoms. The molecule has 1 fully saturated rings. The number of carboxylic acids is 1. The van der Waals surface area contributed by atoms with Crippen molar-refractivity contribution in [3.63, 3.8) is 0 Å². The van der Waals surface area contributed by atoms with Gasteiger partial charge >= 0.3 is 17.8 Å². The number of hydrogen-bond donors (Lipinski definition) is 1. The fourth-order valence-electron chi connectivity index (χ4n) is 4.43. The normalized spacial score (nSPS) is 13.7. The second-order valence-electron chi connectivity index (χ2n) is 10.6. The van der Waals surface area contributed by atoms with Gasteiger partial charge in [0.25, 0.3) is 5.88 Å². The molecule has 0 unspecified atom stereocenters. The molecular weight excluding hydrogens is 589 g/mol. The highest BCUT2D eigenvalue weighted by Crippen LogP contribution is 2.40. The molecule has 1 aromatic carbocycles. The number of aromatic nitrogens is 4. The summed E-state index contributed by atoms with van der Waals surface area (Å²) < 4.78 is 57.3. The quantitative estimate of drug-likeness (QED) is 0.272. The van der Waals surface area contributed by atoms with Gasteiger partial charge in [-0.05, 0) is 41.6 Å². The van der Waals surface area contributed by atoms with Crippen molar-refractivity contribution in [2.75, 3.05) is 57.3 Å². The first-order chi connectivity index (χ1) is 20.6. The van der Waals surface area contributed by atoms with Gasteiger partial charge in [-0.2, -0.15) is 13.2 Å². The van der Waals surface area contributed by atoms with E-state index in [0.717, 1.165) is 30.1 Å². The number of nitrogens with two attached hydrogens (primary N) is 1. The number of carbonyl (C=O) groups is 2. The van der Waals surface area contributed by atoms with Crippen LogP contribution in [-0.4, -0.2) is 79.3 Å². The van der Waals surface area contributed by atoms with Gasteiger partial charge in [0.2, 0.25) is 5.78 Å². The zero-order chi connectivity index (χ0) is 32.8. The van der Waals surface area contributed by atoms with Crippen molar-refractivity contribution in [3.8, 4) is 17.4 Å². The maximum absolute atomic E-state index is 13.7. The number of fused-ring (bicyclic) bond motifs is 1. The van der Waals surface area contributed by atoms with E-state index in [0.29, 0.717) is 49.3 Å². The van der Waals surface area contributed by atoms with Crippen LogP contribution in [0.3, 0.4) is 0 Å². The van der Waals surface area contributed by atoms with E-state index in [4.69, 9.17) is 34.6 Å². The minimum absolute atomic E-state index is 0.0274. The van der Waals surface area contributed by atoms with Crippen molar-refractivity contribution in [2.24, 2.45) is 0 Å². The van der Waals surface area contributed by atoms with E-state index in [1.54, 1.807) is 13.2 Å². The van der Waals surface area contributed by atoms with E-state index in [9.17, 15) is 18.0 Å². The number of ketones is 1. The van der Waals surface area contributed by atoms with E-state index in [-0.39, 0.29) is 23.7 Å². The van der Waals surface area contributed by atoms with E-state index in [2.05, 4.69) is 35.9 Å². The molecule has 242 valence electrons. The zero-order valence-corrected chi connectivity index (χ0v) is 25.5. The van der Waals surface area contributed by atoms with Crippen molar-refractivity contribution in [1.29, 1.82) is 0 Å². The van der Waals surface area contributed by atoms with Gasteiger partial charge in [-0.15, -0.1) is 4.68 Å². The highest BCUT2D eigenvalue weighted by Gasteiger charge is 2.30. The smallest absolute Gasteiger partial charge is 0.430 e. The summed E-state index contributed by atoms with van der Waals surface area (Å²) in [6.45, 7) is 13.6. The van der Waals surface area contributed by atoms with Crippen molar-refractivity contribution >= 4 is 29.0 Å². The molecule has 0 saturated carbocycles. The number of benzene rings is 1. The van der Waals surface area contributed by atoms with Gasteiger partial charge < -0.3 is 39.5 Å². The molecule has 3 heterocycles. The van der Waals surface area contributed by atoms with Crippen LogP contribution in [0.15, 0.2) is 18.2 Å². The summed E-state index contributed by atoms with van der Waals surface area (Å²) in [5.41, 5.74) is 8.85. The van der Waals surface area contributed by atoms with E-state index >= 15 is 0 Å². The summed E-state index contributed by atoms with van der Waals surface area (Å²) in [5.74, 6) is -1.41. The molecule has 1 saturated heterocycles. The number of halogens is 3. The molecule has 2 N–H and O–H groups in total. The Hall–Kier alpha value is -4.34. The highest BCUT2D eigenvalue weighted by molar-refractivity contribution is 5.97. The number of ether oxygens (including phenoxy) is 4. The number of alkyl halides is 3. The Morgan fingerprint density at radius 3 is 2.23 bits per heavy atom. The molecule has 1 aliphatic rings. The molecule has 0 bridgehead atoms. The number of morpholine rings is 1. The second-order valence-corrected chi connectivity index (χ2v) is 10.6. The predicted molar refractivity (Wildman–Crippen MR) is 150 cm³/mol. The third-order valence-electron chi connectivity index (χ3n) is 6.44. The van der Waals surface area contributed by atoms with Gasteiger partial charge in [0.05, 0.1) is 45.3 Å². The Bertz CT molecular complexity index is 1480. The number of rotatable bonds is 9. The lowest BCUT2D eigenvalue weighted by Gasteiger charge is -2.33. The molecule has 13 nitrogen and oxygen atoms in total. The van der Waals surface area contributed by atoms with Gasteiger partial charge in [-0.25, -0.2) is 0 Å². The Balaban J connectivity index is 0.000000676. The summed E-state index contributed by atoms with van der Waals surface area (Å²) >= 11 is 0. The van der Waals surface area contributed by atoms with Crippen molar-refractivity contribution < 1.29 is 51.5 Å². The van der Waals surface area contributed by atoms with Gasteiger partial charge in [0.15, 0.2) is 12.3 Å². The molecule has 2 aromatic heterocycles. The summed E-state index contributed by atoms with van der Waals surface area (Å²) in [5, 5.41) is 17.6. The number of carboxylic acid groups (broad SMARTS) is 1. The van der Waals surface area contributed by atoms with E-state index in [1.165, 1.54) is 9.20 Å². The standard InChI is InChI=1S/C26H37N6O5.C2HF3O2/c1-7-36-21-15-22-31(29-25(27)32(22)28-24(21)37-8-2)16-20(33)17-13-18(26(3,4)5)23(34-6)19(14-17)30-9-11-35-12-10-30;3-2(4,5)1(6)7/h13-15H,7-12,16H2,1-6H3,(H2,27,29);(H,6,7)/q+1;/p-1. The number of aliphatic carboxylic acids is 1. The predicted octanol–water partition coefficient (Wildman–Crippen LogP) is 1.72. The lowest BCUT2D eigenvalue weighted by atomic mass is 9.84. The number of nitrogens with zero attached hydrogens (tertiary/aromatic N) is 5. The monoisotopic (exact) mass is 626 g/mol. The molecule has 0 aliphatic carbocycles. The minimum atomic E-state index is -5.19. The average molecular weight is 627 g/mol. The molecular formula is C28H37F3N6O7. The first-order valence-corrected chi connectivity index (χ1v) is 13.8. The van der Waals surface area contributed by atoms with Crippen LogP contribution in [0.4, 0.5) is 24.8 Å². The fourth-order valence-corrected chi connectivity index (χ4v) is 4.43. The van der Waals surface area contributed by atoms with Crippen LogP contribution < -0.4 is 34.6 Å². The van der Waals surface area contributed by atoms with Crippen LogP contribution in [0.25, 0.3) is 5.65 Å². The number of methoxy groups -OCH3 is 1. The molecule has 44 heavy (non-hydrogen) atoms. The topological polar surface area (TPSA) is 157 Å². The van der Waals surface area contributed by atoms with Crippen LogP contribution in [0.5, 0.6) is 17.4 Å². The number of anilines is 2. The van der Waals surface area contributed by atoms with Crippen LogP contribution in [0.2, 0.25) is 0 Å². The molecule has 0 spiro atoms.